The standard InChI is InChI=1S/C22H26N4O4/c1-22(2)17-13(8-9-23-17)18(22)24-10-11-4-3-5-12-16(11)21(30)26(20(12)29)14-6-7-15(27)25-19(14)28/h3-5,13-14,17-18,23-24H,6-10H2,1-2H3,(H,25,27,28). The Morgan fingerprint density at radius 3 is 2.70 bits per heavy atom. The van der Waals surface area contributed by atoms with Crippen LogP contribution in [-0.4, -0.2) is 53.2 Å². The number of rotatable bonds is 4. The van der Waals surface area contributed by atoms with E-state index < -0.39 is 23.8 Å². The lowest BCUT2D eigenvalue weighted by Gasteiger charge is -2.56. The Hall–Kier alpha value is -2.58. The smallest absolute Gasteiger partial charge is 0.262 e. The van der Waals surface area contributed by atoms with Gasteiger partial charge in [-0.3, -0.25) is 29.4 Å². The summed E-state index contributed by atoms with van der Waals surface area (Å²) in [5.41, 5.74) is 1.60. The molecule has 2 saturated heterocycles. The number of imide groups is 2. The fraction of sp³-hybridized carbons (Fsp3) is 0.545. The van der Waals surface area contributed by atoms with Crippen LogP contribution in [0.3, 0.4) is 0 Å². The number of hydrogen-bond donors (Lipinski definition) is 3. The number of benzene rings is 1. The minimum Gasteiger partial charge on any atom is -0.313 e. The molecule has 5 rings (SSSR count). The Morgan fingerprint density at radius 2 is 1.93 bits per heavy atom. The summed E-state index contributed by atoms with van der Waals surface area (Å²) in [5, 5.41) is 9.43. The highest BCUT2D eigenvalue weighted by Gasteiger charge is 2.57. The van der Waals surface area contributed by atoms with Crippen LogP contribution in [0.4, 0.5) is 0 Å². The van der Waals surface area contributed by atoms with Crippen molar-refractivity contribution in [2.24, 2.45) is 11.3 Å². The molecule has 3 heterocycles. The van der Waals surface area contributed by atoms with Crippen molar-refractivity contribution in [3.63, 3.8) is 0 Å². The summed E-state index contributed by atoms with van der Waals surface area (Å²) in [6, 6.07) is 5.19. The number of fused-ring (bicyclic) bond motifs is 2. The van der Waals surface area contributed by atoms with Gasteiger partial charge in [0.05, 0.1) is 11.1 Å². The summed E-state index contributed by atoms with van der Waals surface area (Å²) in [6.07, 6.45) is 1.42. The molecule has 4 atom stereocenters. The maximum absolute atomic E-state index is 13.2. The minimum atomic E-state index is -0.938. The molecule has 1 aromatic rings. The number of carbonyl (C=O) groups is 4. The van der Waals surface area contributed by atoms with Crippen molar-refractivity contribution in [1.29, 1.82) is 0 Å². The fourth-order valence-corrected chi connectivity index (χ4v) is 5.89. The van der Waals surface area contributed by atoms with Crippen molar-refractivity contribution in [3.8, 4) is 0 Å². The minimum absolute atomic E-state index is 0.117. The van der Waals surface area contributed by atoms with Gasteiger partial charge in [0.1, 0.15) is 6.04 Å². The first-order valence-corrected chi connectivity index (χ1v) is 10.6. The van der Waals surface area contributed by atoms with Crippen molar-refractivity contribution in [3.05, 3.63) is 34.9 Å². The van der Waals surface area contributed by atoms with Crippen molar-refractivity contribution in [2.75, 3.05) is 6.54 Å². The van der Waals surface area contributed by atoms with Crippen LogP contribution >= 0.6 is 0 Å². The summed E-state index contributed by atoms with van der Waals surface area (Å²) < 4.78 is 0. The Labute approximate surface area is 174 Å². The zero-order valence-electron chi connectivity index (χ0n) is 17.2. The van der Waals surface area contributed by atoms with Crippen LogP contribution in [0.5, 0.6) is 0 Å². The van der Waals surface area contributed by atoms with Gasteiger partial charge in [-0.15, -0.1) is 0 Å². The van der Waals surface area contributed by atoms with Crippen LogP contribution < -0.4 is 16.0 Å². The van der Waals surface area contributed by atoms with Crippen LogP contribution in [-0.2, 0) is 16.1 Å². The normalized spacial score (nSPS) is 32.0. The Kier molecular flexibility index (Phi) is 4.34. The second-order valence-corrected chi connectivity index (χ2v) is 9.35. The number of carbonyl (C=O) groups excluding carboxylic acids is 4. The maximum atomic E-state index is 13.2. The van der Waals surface area contributed by atoms with Gasteiger partial charge in [0.25, 0.3) is 11.8 Å². The van der Waals surface area contributed by atoms with Gasteiger partial charge in [0, 0.05) is 25.0 Å². The summed E-state index contributed by atoms with van der Waals surface area (Å²) in [6.45, 7) is 6.02. The SMILES string of the molecule is CC1(C)C2NCCC2C1NCc1cccc2c1C(=O)N(C1CCC(=O)NC1=O)C2=O. The monoisotopic (exact) mass is 410 g/mol. The summed E-state index contributed by atoms with van der Waals surface area (Å²) >= 11 is 0. The van der Waals surface area contributed by atoms with Gasteiger partial charge in [-0.05, 0) is 42.3 Å². The predicted molar refractivity (Wildman–Crippen MR) is 107 cm³/mol. The first-order valence-electron chi connectivity index (χ1n) is 10.6. The number of nitrogens with zero attached hydrogens (tertiary/aromatic N) is 1. The van der Waals surface area contributed by atoms with E-state index >= 15 is 0 Å². The molecule has 1 aliphatic carbocycles. The first-order chi connectivity index (χ1) is 14.3. The molecule has 3 fully saturated rings. The van der Waals surface area contributed by atoms with E-state index in [1.807, 2.05) is 6.07 Å². The van der Waals surface area contributed by atoms with Gasteiger partial charge >= 0.3 is 0 Å². The average Bonchev–Trinajstić information content (AvgIpc) is 3.25. The zero-order chi connectivity index (χ0) is 21.2. The molecule has 30 heavy (non-hydrogen) atoms. The van der Waals surface area contributed by atoms with E-state index in [-0.39, 0.29) is 24.2 Å². The molecular formula is C22H26N4O4. The quantitative estimate of drug-likeness (QED) is 0.627. The lowest BCUT2D eigenvalue weighted by molar-refractivity contribution is -0.136. The third-order valence-electron chi connectivity index (χ3n) is 7.37. The molecule has 4 unspecified atom stereocenters. The van der Waals surface area contributed by atoms with E-state index in [9.17, 15) is 19.2 Å². The molecule has 4 amide bonds. The lowest BCUT2D eigenvalue weighted by Crippen LogP contribution is -2.68. The van der Waals surface area contributed by atoms with Crippen molar-refractivity contribution in [1.82, 2.24) is 20.9 Å². The molecule has 8 nitrogen and oxygen atoms in total. The van der Waals surface area contributed by atoms with Gasteiger partial charge in [0.2, 0.25) is 11.8 Å². The van der Waals surface area contributed by atoms with E-state index in [1.54, 1.807) is 12.1 Å². The molecule has 0 aromatic heterocycles. The molecule has 1 aromatic carbocycles. The second kappa shape index (κ2) is 6.72. The molecule has 3 N–H and O–H groups in total. The molecule has 4 aliphatic rings. The molecule has 0 bridgehead atoms. The highest BCUT2D eigenvalue weighted by atomic mass is 16.2. The number of hydrogen-bond acceptors (Lipinski definition) is 6. The van der Waals surface area contributed by atoms with E-state index in [0.29, 0.717) is 35.7 Å². The predicted octanol–water partition coefficient (Wildman–Crippen LogP) is 0.564. The fourth-order valence-electron chi connectivity index (χ4n) is 5.89. The third kappa shape index (κ3) is 2.66. The molecule has 3 aliphatic heterocycles. The van der Waals surface area contributed by atoms with E-state index in [4.69, 9.17) is 0 Å². The van der Waals surface area contributed by atoms with Gasteiger partial charge in [-0.2, -0.15) is 0 Å². The highest BCUT2D eigenvalue weighted by molar-refractivity contribution is 6.24. The molecule has 0 spiro atoms. The van der Waals surface area contributed by atoms with Crippen molar-refractivity contribution >= 4 is 23.6 Å². The summed E-state index contributed by atoms with van der Waals surface area (Å²) in [7, 11) is 0. The molecule has 1 saturated carbocycles. The van der Waals surface area contributed by atoms with Crippen LogP contribution in [0.25, 0.3) is 0 Å². The van der Waals surface area contributed by atoms with E-state index in [1.165, 1.54) is 0 Å². The zero-order valence-corrected chi connectivity index (χ0v) is 17.2. The van der Waals surface area contributed by atoms with Crippen molar-refractivity contribution < 1.29 is 19.2 Å². The topological polar surface area (TPSA) is 108 Å². The third-order valence-corrected chi connectivity index (χ3v) is 7.37. The number of piperidine rings is 1. The lowest BCUT2D eigenvalue weighted by atomic mass is 9.56. The largest absolute Gasteiger partial charge is 0.313 e. The van der Waals surface area contributed by atoms with E-state index in [2.05, 4.69) is 29.8 Å². The molecule has 8 heteroatoms. The highest BCUT2D eigenvalue weighted by Crippen LogP contribution is 2.49. The molecular weight excluding hydrogens is 384 g/mol. The van der Waals surface area contributed by atoms with Gasteiger partial charge in [-0.25, -0.2) is 0 Å². The average molecular weight is 410 g/mol. The van der Waals surface area contributed by atoms with Crippen LogP contribution in [0.2, 0.25) is 0 Å². The number of amides is 4. The Morgan fingerprint density at radius 1 is 1.13 bits per heavy atom. The van der Waals surface area contributed by atoms with Crippen LogP contribution in [0.15, 0.2) is 18.2 Å². The first kappa shape index (κ1) is 19.4. The molecule has 0 radical (unpaired) electrons. The Balaban J connectivity index is 1.37. The number of nitrogens with one attached hydrogen (secondary N) is 3. The molecule has 158 valence electrons. The second-order valence-electron chi connectivity index (χ2n) is 9.35. The van der Waals surface area contributed by atoms with E-state index in [0.717, 1.165) is 23.4 Å². The van der Waals surface area contributed by atoms with Gasteiger partial charge < -0.3 is 10.6 Å². The Bertz CT molecular complexity index is 972. The van der Waals surface area contributed by atoms with Crippen LogP contribution in [0, 0.1) is 11.3 Å². The van der Waals surface area contributed by atoms with Crippen molar-refractivity contribution in [2.45, 2.75) is 57.8 Å². The summed E-state index contributed by atoms with van der Waals surface area (Å²) in [5.74, 6) is -1.29. The van der Waals surface area contributed by atoms with Gasteiger partial charge in [0.15, 0.2) is 0 Å². The van der Waals surface area contributed by atoms with Gasteiger partial charge in [-0.1, -0.05) is 26.0 Å². The summed E-state index contributed by atoms with van der Waals surface area (Å²) in [4.78, 5) is 50.9. The maximum Gasteiger partial charge on any atom is 0.262 e. The van der Waals surface area contributed by atoms with Crippen LogP contribution in [0.1, 0.15) is 59.4 Å².